The lowest BCUT2D eigenvalue weighted by Gasteiger charge is -2.16. The summed E-state index contributed by atoms with van der Waals surface area (Å²) in [5.74, 6) is 1.26. The highest BCUT2D eigenvalue weighted by Crippen LogP contribution is 2.32. The van der Waals surface area contributed by atoms with Crippen molar-refractivity contribution in [2.75, 3.05) is 13.2 Å². The van der Waals surface area contributed by atoms with Crippen LogP contribution in [-0.4, -0.2) is 25.1 Å². The lowest BCUT2D eigenvalue weighted by Crippen LogP contribution is -2.43. The minimum atomic E-state index is -0.0896. The van der Waals surface area contributed by atoms with Crippen LogP contribution in [0.2, 0.25) is 0 Å². The van der Waals surface area contributed by atoms with E-state index in [1.165, 1.54) is 12.8 Å². The normalized spacial score (nSPS) is 15.1. The zero-order chi connectivity index (χ0) is 13.7. The number of nitrogens with one attached hydrogen (secondary N) is 1. The van der Waals surface area contributed by atoms with E-state index >= 15 is 0 Å². The van der Waals surface area contributed by atoms with E-state index in [-0.39, 0.29) is 31.0 Å². The predicted molar refractivity (Wildman–Crippen MR) is 82.3 cm³/mol. The Bertz CT molecular complexity index is 436. The van der Waals surface area contributed by atoms with Gasteiger partial charge in [-0.2, -0.15) is 0 Å². The van der Waals surface area contributed by atoms with Crippen LogP contribution < -0.4 is 15.8 Å². The Hall–Kier alpha value is -1.26. The van der Waals surface area contributed by atoms with Gasteiger partial charge in [0.05, 0.1) is 0 Å². The molecular weight excluding hydrogens is 276 g/mol. The molecule has 0 radical (unpaired) electrons. The van der Waals surface area contributed by atoms with Gasteiger partial charge in [0.15, 0.2) is 6.61 Å². The highest BCUT2D eigenvalue weighted by Gasteiger charge is 2.31. The first-order valence-corrected chi connectivity index (χ1v) is 6.94. The molecule has 1 aromatic carbocycles. The van der Waals surface area contributed by atoms with E-state index in [1.807, 2.05) is 24.3 Å². The second-order valence-corrected chi connectivity index (χ2v) is 5.00. The van der Waals surface area contributed by atoms with Crippen molar-refractivity contribution in [2.24, 2.45) is 11.7 Å². The van der Waals surface area contributed by atoms with Crippen LogP contribution in [0.15, 0.2) is 24.3 Å². The Labute approximate surface area is 126 Å². The molecule has 1 aliphatic rings. The summed E-state index contributed by atoms with van der Waals surface area (Å²) in [6.07, 6.45) is 3.23. The first-order valence-electron chi connectivity index (χ1n) is 6.94. The monoisotopic (exact) mass is 298 g/mol. The lowest BCUT2D eigenvalue weighted by atomic mass is 10.1. The Morgan fingerprint density at radius 3 is 2.75 bits per heavy atom. The third kappa shape index (κ3) is 4.69. The maximum absolute atomic E-state index is 11.8. The van der Waals surface area contributed by atoms with Gasteiger partial charge in [0.2, 0.25) is 0 Å². The number of rotatable bonds is 7. The topological polar surface area (TPSA) is 64.3 Å². The van der Waals surface area contributed by atoms with Gasteiger partial charge in [-0.15, -0.1) is 12.4 Å². The number of para-hydroxylation sites is 1. The van der Waals surface area contributed by atoms with Crippen LogP contribution in [0.25, 0.3) is 0 Å². The number of ether oxygens (including phenoxy) is 1. The van der Waals surface area contributed by atoms with E-state index in [0.717, 1.165) is 17.7 Å². The average molecular weight is 299 g/mol. The van der Waals surface area contributed by atoms with Crippen molar-refractivity contribution >= 4 is 18.3 Å². The number of hydrogen-bond donors (Lipinski definition) is 2. The highest BCUT2D eigenvalue weighted by molar-refractivity contribution is 5.85. The number of nitrogens with two attached hydrogens (primary N) is 1. The van der Waals surface area contributed by atoms with E-state index < -0.39 is 0 Å². The maximum atomic E-state index is 11.8. The summed E-state index contributed by atoms with van der Waals surface area (Å²) >= 11 is 0. The molecule has 3 N–H and O–H groups in total. The first kappa shape index (κ1) is 16.8. The van der Waals surface area contributed by atoms with E-state index in [0.29, 0.717) is 12.5 Å². The highest BCUT2D eigenvalue weighted by atomic mass is 35.5. The quantitative estimate of drug-likeness (QED) is 0.808. The molecule has 1 aromatic rings. The van der Waals surface area contributed by atoms with Gasteiger partial charge >= 0.3 is 0 Å². The van der Waals surface area contributed by atoms with E-state index in [4.69, 9.17) is 10.5 Å². The van der Waals surface area contributed by atoms with Gasteiger partial charge in [0, 0.05) is 12.6 Å². The Kier molecular flexibility index (Phi) is 6.82. The van der Waals surface area contributed by atoms with Crippen LogP contribution in [-0.2, 0) is 11.2 Å². The first-order chi connectivity index (χ1) is 9.24. The summed E-state index contributed by atoms with van der Waals surface area (Å²) in [6.45, 7) is 2.63. The lowest BCUT2D eigenvalue weighted by molar-refractivity contribution is -0.123. The third-order valence-corrected chi connectivity index (χ3v) is 3.50. The summed E-state index contributed by atoms with van der Waals surface area (Å²) in [4.78, 5) is 11.8. The van der Waals surface area contributed by atoms with Gasteiger partial charge in [-0.3, -0.25) is 4.79 Å². The third-order valence-electron chi connectivity index (χ3n) is 3.50. The summed E-state index contributed by atoms with van der Waals surface area (Å²) < 4.78 is 5.58. The molecule has 5 heteroatoms. The van der Waals surface area contributed by atoms with Crippen molar-refractivity contribution in [3.05, 3.63) is 29.8 Å². The number of carbonyl (C=O) groups excluding carboxylic acids is 1. The van der Waals surface area contributed by atoms with Gasteiger partial charge in [-0.05, 0) is 36.8 Å². The second-order valence-electron chi connectivity index (χ2n) is 5.00. The molecule has 0 heterocycles. The van der Waals surface area contributed by atoms with Gasteiger partial charge in [-0.25, -0.2) is 0 Å². The summed E-state index contributed by atoms with van der Waals surface area (Å²) in [7, 11) is 0. The fourth-order valence-electron chi connectivity index (χ4n) is 2.20. The predicted octanol–water partition coefficient (Wildman–Crippen LogP) is 1.90. The van der Waals surface area contributed by atoms with Gasteiger partial charge in [0.1, 0.15) is 5.75 Å². The SMILES string of the molecule is CCc1ccccc1OCC(=O)NC(CN)C1CC1.Cl. The number of benzene rings is 1. The number of amides is 1. The molecule has 112 valence electrons. The van der Waals surface area contributed by atoms with Crippen molar-refractivity contribution in [3.8, 4) is 5.75 Å². The summed E-state index contributed by atoms with van der Waals surface area (Å²) in [5, 5.41) is 2.95. The Morgan fingerprint density at radius 2 is 2.15 bits per heavy atom. The average Bonchev–Trinajstić information content (AvgIpc) is 3.27. The van der Waals surface area contributed by atoms with Gasteiger partial charge < -0.3 is 15.8 Å². The van der Waals surface area contributed by atoms with Crippen molar-refractivity contribution < 1.29 is 9.53 Å². The van der Waals surface area contributed by atoms with Gasteiger partial charge in [0.25, 0.3) is 5.91 Å². The number of carbonyl (C=O) groups is 1. The molecule has 1 fully saturated rings. The second kappa shape index (κ2) is 8.12. The molecule has 0 aliphatic heterocycles. The number of hydrogen-bond acceptors (Lipinski definition) is 3. The number of aryl methyl sites for hydroxylation is 1. The zero-order valence-electron chi connectivity index (χ0n) is 11.8. The molecule has 1 saturated carbocycles. The van der Waals surface area contributed by atoms with Crippen molar-refractivity contribution in [1.29, 1.82) is 0 Å². The Morgan fingerprint density at radius 1 is 1.45 bits per heavy atom. The van der Waals surface area contributed by atoms with E-state index in [9.17, 15) is 4.79 Å². The molecule has 1 aliphatic carbocycles. The van der Waals surface area contributed by atoms with Crippen molar-refractivity contribution in [1.82, 2.24) is 5.32 Å². The molecule has 1 unspecified atom stereocenters. The zero-order valence-corrected chi connectivity index (χ0v) is 12.6. The molecule has 2 rings (SSSR count). The van der Waals surface area contributed by atoms with Gasteiger partial charge in [-0.1, -0.05) is 25.1 Å². The van der Waals surface area contributed by atoms with E-state index in [2.05, 4.69) is 12.2 Å². The van der Waals surface area contributed by atoms with Crippen LogP contribution in [0.3, 0.4) is 0 Å². The van der Waals surface area contributed by atoms with Crippen LogP contribution in [0, 0.1) is 5.92 Å². The van der Waals surface area contributed by atoms with Crippen molar-refractivity contribution in [2.45, 2.75) is 32.2 Å². The van der Waals surface area contributed by atoms with E-state index in [1.54, 1.807) is 0 Å². The molecule has 0 aromatic heterocycles. The largest absolute Gasteiger partial charge is 0.483 e. The van der Waals surface area contributed by atoms with Crippen LogP contribution in [0.1, 0.15) is 25.3 Å². The van der Waals surface area contributed by atoms with Crippen LogP contribution in [0.4, 0.5) is 0 Å². The fourth-order valence-corrected chi connectivity index (χ4v) is 2.20. The van der Waals surface area contributed by atoms with Crippen LogP contribution >= 0.6 is 12.4 Å². The molecule has 1 amide bonds. The summed E-state index contributed by atoms with van der Waals surface area (Å²) in [6, 6.07) is 7.91. The molecule has 0 saturated heterocycles. The van der Waals surface area contributed by atoms with Crippen LogP contribution in [0.5, 0.6) is 5.75 Å². The molecule has 1 atom stereocenters. The molecule has 20 heavy (non-hydrogen) atoms. The van der Waals surface area contributed by atoms with Crippen molar-refractivity contribution in [3.63, 3.8) is 0 Å². The Balaban J connectivity index is 0.00000200. The molecular formula is C15H23ClN2O2. The molecule has 4 nitrogen and oxygen atoms in total. The maximum Gasteiger partial charge on any atom is 0.258 e. The summed E-state index contributed by atoms with van der Waals surface area (Å²) in [5.41, 5.74) is 6.78. The minimum absolute atomic E-state index is 0. The molecule has 0 bridgehead atoms. The number of halogens is 1. The minimum Gasteiger partial charge on any atom is -0.483 e. The smallest absolute Gasteiger partial charge is 0.258 e. The fraction of sp³-hybridized carbons (Fsp3) is 0.533. The standard InChI is InChI=1S/C15H22N2O2.ClH/c1-2-11-5-3-4-6-14(11)19-10-15(18)17-13(9-16)12-7-8-12;/h3-6,12-13H,2,7-10,16H2,1H3,(H,17,18);1H. The molecule has 0 spiro atoms.